The van der Waals surface area contributed by atoms with Crippen molar-refractivity contribution in [1.82, 2.24) is 0 Å². The minimum Gasteiger partial charge on any atom is -0.504 e. The molecule has 20 heavy (non-hydrogen) atoms. The number of amides is 2. The van der Waals surface area contributed by atoms with Crippen LogP contribution in [0.1, 0.15) is 0 Å². The Hall–Kier alpha value is -1.56. The van der Waals surface area contributed by atoms with E-state index in [-0.39, 0.29) is 21.5 Å². The number of carbonyl (C=O) groups excluding carboxylic acids is 1. The molecule has 0 radical (unpaired) electrons. The molecule has 0 unspecified atom stereocenters. The average Bonchev–Trinajstić information content (AvgIpc) is 2.43. The third kappa shape index (κ3) is 3.30. The summed E-state index contributed by atoms with van der Waals surface area (Å²) < 4.78 is 0.931. The van der Waals surface area contributed by atoms with Crippen molar-refractivity contribution in [3.8, 4) is 5.75 Å². The van der Waals surface area contributed by atoms with E-state index in [0.717, 1.165) is 4.31 Å². The lowest BCUT2D eigenvalue weighted by atomic mass is 10.3. The Kier molecular flexibility index (Phi) is 4.65. The predicted octanol–water partition coefficient (Wildman–Crippen LogP) is 4.58. The van der Waals surface area contributed by atoms with Gasteiger partial charge in [0.15, 0.2) is 5.75 Å². The number of anilines is 2. The first kappa shape index (κ1) is 14.8. The normalized spacial score (nSPS) is 10.2. The SMILES string of the molecule is O=C(Nc1ccccc1)N(S)c1cc(Cl)cc(Cl)c1O. The number of thiol groups is 1. The molecule has 0 spiro atoms. The van der Waals surface area contributed by atoms with E-state index in [2.05, 4.69) is 18.1 Å². The minimum atomic E-state index is -0.548. The van der Waals surface area contributed by atoms with E-state index in [0.29, 0.717) is 5.69 Å². The van der Waals surface area contributed by atoms with Crippen LogP contribution >= 0.6 is 36.0 Å². The van der Waals surface area contributed by atoms with Crippen LogP contribution in [0.15, 0.2) is 42.5 Å². The van der Waals surface area contributed by atoms with Crippen molar-refractivity contribution in [3.63, 3.8) is 0 Å². The van der Waals surface area contributed by atoms with Gasteiger partial charge in [0, 0.05) is 10.7 Å². The second kappa shape index (κ2) is 6.26. The molecule has 0 bridgehead atoms. The molecule has 2 aromatic carbocycles. The van der Waals surface area contributed by atoms with Crippen molar-refractivity contribution in [2.75, 3.05) is 9.62 Å². The number of nitrogens with one attached hydrogen (secondary N) is 1. The van der Waals surface area contributed by atoms with Gasteiger partial charge in [-0.25, -0.2) is 9.10 Å². The van der Waals surface area contributed by atoms with E-state index in [1.165, 1.54) is 12.1 Å². The van der Waals surface area contributed by atoms with Gasteiger partial charge >= 0.3 is 6.03 Å². The van der Waals surface area contributed by atoms with E-state index in [1.807, 2.05) is 6.07 Å². The number of carbonyl (C=O) groups is 1. The van der Waals surface area contributed by atoms with Crippen molar-refractivity contribution >= 4 is 53.4 Å². The standard InChI is InChI=1S/C13H10Cl2N2O2S/c14-8-6-10(15)12(18)11(7-8)17(20)13(19)16-9-4-2-1-3-5-9/h1-7,18,20H,(H,16,19). The largest absolute Gasteiger partial charge is 0.504 e. The maximum absolute atomic E-state index is 12.0. The Morgan fingerprint density at radius 2 is 1.85 bits per heavy atom. The molecule has 0 atom stereocenters. The Morgan fingerprint density at radius 3 is 2.50 bits per heavy atom. The summed E-state index contributed by atoms with van der Waals surface area (Å²) in [6, 6.07) is 11.1. The second-order valence-electron chi connectivity index (χ2n) is 3.86. The number of hydrogen-bond acceptors (Lipinski definition) is 3. The first-order valence-electron chi connectivity index (χ1n) is 5.52. The van der Waals surface area contributed by atoms with E-state index in [4.69, 9.17) is 23.2 Å². The molecule has 0 aromatic heterocycles. The number of phenolic OH excluding ortho intramolecular Hbond substituents is 1. The first-order valence-corrected chi connectivity index (χ1v) is 6.67. The number of phenols is 1. The summed E-state index contributed by atoms with van der Waals surface area (Å²) in [7, 11) is 0. The van der Waals surface area contributed by atoms with Crippen LogP contribution in [0.2, 0.25) is 10.0 Å². The maximum Gasteiger partial charge on any atom is 0.336 e. The number of urea groups is 1. The zero-order valence-electron chi connectivity index (χ0n) is 10.0. The zero-order valence-corrected chi connectivity index (χ0v) is 12.5. The molecule has 0 fully saturated rings. The summed E-state index contributed by atoms with van der Waals surface area (Å²) in [5, 5.41) is 12.8. The predicted molar refractivity (Wildman–Crippen MR) is 85.1 cm³/mol. The summed E-state index contributed by atoms with van der Waals surface area (Å²) in [6.07, 6.45) is 0. The lowest BCUT2D eigenvalue weighted by Crippen LogP contribution is -2.26. The molecule has 0 saturated carbocycles. The third-order valence-corrected chi connectivity index (χ3v) is 3.36. The number of halogens is 2. The molecule has 2 aromatic rings. The molecule has 2 amide bonds. The number of hydrogen-bond donors (Lipinski definition) is 3. The highest BCUT2D eigenvalue weighted by Crippen LogP contribution is 2.38. The Morgan fingerprint density at radius 1 is 1.20 bits per heavy atom. The van der Waals surface area contributed by atoms with Crippen molar-refractivity contribution < 1.29 is 9.90 Å². The molecule has 0 aliphatic rings. The fraction of sp³-hybridized carbons (Fsp3) is 0. The highest BCUT2D eigenvalue weighted by atomic mass is 35.5. The Balaban J connectivity index is 2.23. The molecule has 0 aliphatic carbocycles. The van der Waals surface area contributed by atoms with Gasteiger partial charge in [0.25, 0.3) is 0 Å². The Bertz CT molecular complexity index is 638. The van der Waals surface area contributed by atoms with Crippen LogP contribution in [0.5, 0.6) is 5.75 Å². The number of rotatable bonds is 2. The van der Waals surface area contributed by atoms with Gasteiger partial charge in [-0.3, -0.25) is 0 Å². The van der Waals surface area contributed by atoms with Gasteiger partial charge in [-0.15, -0.1) is 0 Å². The van der Waals surface area contributed by atoms with Crippen LogP contribution in [0.3, 0.4) is 0 Å². The van der Waals surface area contributed by atoms with Crippen LogP contribution in [-0.4, -0.2) is 11.1 Å². The van der Waals surface area contributed by atoms with Crippen molar-refractivity contribution in [2.24, 2.45) is 0 Å². The minimum absolute atomic E-state index is 0.0408. The van der Waals surface area contributed by atoms with E-state index in [9.17, 15) is 9.90 Å². The monoisotopic (exact) mass is 328 g/mol. The molecule has 0 aliphatic heterocycles. The van der Waals surface area contributed by atoms with Crippen LogP contribution in [0, 0.1) is 0 Å². The smallest absolute Gasteiger partial charge is 0.336 e. The molecule has 2 rings (SSSR count). The van der Waals surface area contributed by atoms with Gasteiger partial charge < -0.3 is 10.4 Å². The quantitative estimate of drug-likeness (QED) is 0.706. The van der Waals surface area contributed by atoms with Crippen LogP contribution in [-0.2, 0) is 0 Å². The van der Waals surface area contributed by atoms with Gasteiger partial charge in [-0.2, -0.15) is 0 Å². The molecule has 7 heteroatoms. The third-order valence-electron chi connectivity index (χ3n) is 2.45. The van der Waals surface area contributed by atoms with Gasteiger partial charge in [0.2, 0.25) is 0 Å². The van der Waals surface area contributed by atoms with Crippen LogP contribution in [0.25, 0.3) is 0 Å². The molecule has 0 saturated heterocycles. The highest BCUT2D eigenvalue weighted by Gasteiger charge is 2.18. The summed E-state index contributed by atoms with van der Waals surface area (Å²) in [6.45, 7) is 0. The van der Waals surface area contributed by atoms with Gasteiger partial charge in [-0.1, -0.05) is 54.2 Å². The number of nitrogens with zero attached hydrogens (tertiary/aromatic N) is 1. The number of para-hydroxylation sites is 1. The molecule has 4 nitrogen and oxygen atoms in total. The summed E-state index contributed by atoms with van der Waals surface area (Å²) >= 11 is 15.7. The molecule has 0 heterocycles. The summed E-state index contributed by atoms with van der Waals surface area (Å²) in [5.74, 6) is -0.269. The average molecular weight is 329 g/mol. The molecule has 2 N–H and O–H groups in total. The van der Waals surface area contributed by atoms with Gasteiger partial charge in [-0.05, 0) is 24.3 Å². The van der Waals surface area contributed by atoms with E-state index >= 15 is 0 Å². The van der Waals surface area contributed by atoms with Crippen molar-refractivity contribution in [3.05, 3.63) is 52.5 Å². The highest BCUT2D eigenvalue weighted by molar-refractivity contribution is 7.82. The summed E-state index contributed by atoms with van der Waals surface area (Å²) in [5.41, 5.74) is 0.698. The number of aromatic hydroxyl groups is 1. The molecular weight excluding hydrogens is 319 g/mol. The van der Waals surface area contributed by atoms with E-state index in [1.54, 1.807) is 24.3 Å². The van der Waals surface area contributed by atoms with Crippen molar-refractivity contribution in [2.45, 2.75) is 0 Å². The topological polar surface area (TPSA) is 52.6 Å². The molecular formula is C13H10Cl2N2O2S. The van der Waals surface area contributed by atoms with Gasteiger partial charge in [0.05, 0.1) is 5.02 Å². The second-order valence-corrected chi connectivity index (χ2v) is 5.11. The first-order chi connectivity index (χ1) is 9.49. The van der Waals surface area contributed by atoms with Crippen molar-refractivity contribution in [1.29, 1.82) is 0 Å². The molecule has 104 valence electrons. The lowest BCUT2D eigenvalue weighted by molar-refractivity contribution is 0.260. The summed E-state index contributed by atoms with van der Waals surface area (Å²) in [4.78, 5) is 12.0. The van der Waals surface area contributed by atoms with Gasteiger partial charge in [0.1, 0.15) is 5.69 Å². The zero-order chi connectivity index (χ0) is 14.7. The van der Waals surface area contributed by atoms with Crippen LogP contribution in [0.4, 0.5) is 16.2 Å². The Labute approximate surface area is 131 Å². The fourth-order valence-electron chi connectivity index (χ4n) is 1.52. The maximum atomic E-state index is 12.0. The van der Waals surface area contributed by atoms with E-state index < -0.39 is 6.03 Å². The fourth-order valence-corrected chi connectivity index (χ4v) is 2.21. The lowest BCUT2D eigenvalue weighted by Gasteiger charge is -2.18. The number of benzene rings is 2. The van der Waals surface area contributed by atoms with Crippen LogP contribution < -0.4 is 9.62 Å².